The number of carbonyl (C=O) groups excluding carboxylic acids is 1. The lowest BCUT2D eigenvalue weighted by Crippen LogP contribution is -2.50. The van der Waals surface area contributed by atoms with Crippen molar-refractivity contribution in [3.8, 4) is 0 Å². The summed E-state index contributed by atoms with van der Waals surface area (Å²) in [5.41, 5.74) is 1.08. The minimum Gasteiger partial charge on any atom is -0.353 e. The lowest BCUT2D eigenvalue weighted by atomic mass is 10.0. The predicted octanol–water partition coefficient (Wildman–Crippen LogP) is 1.93. The van der Waals surface area contributed by atoms with Gasteiger partial charge >= 0.3 is 0 Å². The Hall–Kier alpha value is -0.850. The molecule has 1 atom stereocenters. The first kappa shape index (κ1) is 24.1. The number of halogens is 2. The Labute approximate surface area is 164 Å². The molecule has 1 unspecified atom stereocenters. The van der Waals surface area contributed by atoms with Crippen LogP contribution >= 0.6 is 24.8 Å². The number of carbonyl (C=O) groups is 1. The molecule has 0 aliphatic carbocycles. The molecular formula is C18H32Cl2N4O. The van der Waals surface area contributed by atoms with Crippen molar-refractivity contribution in [1.29, 1.82) is 0 Å². The second-order valence-electron chi connectivity index (χ2n) is 6.19. The van der Waals surface area contributed by atoms with Gasteiger partial charge in [-0.1, -0.05) is 37.3 Å². The van der Waals surface area contributed by atoms with Gasteiger partial charge in [-0.25, -0.2) is 0 Å². The Kier molecular flexibility index (Phi) is 12.9. The second kappa shape index (κ2) is 13.4. The van der Waals surface area contributed by atoms with Gasteiger partial charge in [-0.15, -0.1) is 24.8 Å². The van der Waals surface area contributed by atoms with Crippen LogP contribution in [-0.2, 0) is 4.79 Å². The van der Waals surface area contributed by atoms with Crippen LogP contribution in [0.25, 0.3) is 0 Å². The number of likely N-dealkylation sites (N-methyl/N-ethyl adjacent to an activating group) is 1. The fourth-order valence-electron chi connectivity index (χ4n) is 2.92. The minimum atomic E-state index is -0.184. The summed E-state index contributed by atoms with van der Waals surface area (Å²) in [6, 6.07) is 9.94. The Morgan fingerprint density at radius 1 is 1.04 bits per heavy atom. The molecule has 1 aromatic rings. The zero-order valence-electron chi connectivity index (χ0n) is 15.2. The number of nitrogens with zero attached hydrogens (tertiary/aromatic N) is 2. The zero-order chi connectivity index (χ0) is 16.5. The van der Waals surface area contributed by atoms with Crippen molar-refractivity contribution in [1.82, 2.24) is 20.4 Å². The smallest absolute Gasteiger partial charge is 0.242 e. The SMILES string of the molecule is CCCNCCNC(=O)C(c1ccccc1)N1CCN(C)CC1.Cl.Cl. The summed E-state index contributed by atoms with van der Waals surface area (Å²) in [5, 5.41) is 6.41. The molecule has 1 saturated heterocycles. The van der Waals surface area contributed by atoms with Gasteiger partial charge in [-0.3, -0.25) is 9.69 Å². The van der Waals surface area contributed by atoms with Crippen molar-refractivity contribution < 1.29 is 4.79 Å². The Balaban J connectivity index is 0.00000288. The van der Waals surface area contributed by atoms with Crippen molar-refractivity contribution in [3.63, 3.8) is 0 Å². The van der Waals surface area contributed by atoms with Gasteiger partial charge in [0.2, 0.25) is 5.91 Å². The summed E-state index contributed by atoms with van der Waals surface area (Å²) < 4.78 is 0. The predicted molar refractivity (Wildman–Crippen MR) is 109 cm³/mol. The molecule has 2 rings (SSSR count). The van der Waals surface area contributed by atoms with E-state index in [0.29, 0.717) is 6.54 Å². The molecule has 25 heavy (non-hydrogen) atoms. The number of hydrogen-bond donors (Lipinski definition) is 2. The first-order valence-corrected chi connectivity index (χ1v) is 8.68. The molecule has 0 radical (unpaired) electrons. The highest BCUT2D eigenvalue weighted by Gasteiger charge is 2.29. The van der Waals surface area contributed by atoms with E-state index in [1.807, 2.05) is 18.2 Å². The van der Waals surface area contributed by atoms with Crippen molar-refractivity contribution >= 4 is 30.7 Å². The van der Waals surface area contributed by atoms with Gasteiger partial charge in [0.15, 0.2) is 0 Å². The van der Waals surface area contributed by atoms with Crippen LogP contribution in [0.4, 0.5) is 0 Å². The Morgan fingerprint density at radius 2 is 1.68 bits per heavy atom. The highest BCUT2D eigenvalue weighted by molar-refractivity contribution is 5.85. The van der Waals surface area contributed by atoms with Crippen molar-refractivity contribution in [2.24, 2.45) is 0 Å². The maximum atomic E-state index is 12.8. The molecule has 1 aliphatic heterocycles. The molecule has 2 N–H and O–H groups in total. The average molecular weight is 391 g/mol. The average Bonchev–Trinajstić information content (AvgIpc) is 2.58. The summed E-state index contributed by atoms with van der Waals surface area (Å²) in [4.78, 5) is 17.4. The van der Waals surface area contributed by atoms with Crippen LogP contribution in [0.2, 0.25) is 0 Å². The van der Waals surface area contributed by atoms with E-state index in [4.69, 9.17) is 0 Å². The van der Waals surface area contributed by atoms with Gasteiger partial charge in [0.05, 0.1) is 0 Å². The number of hydrogen-bond acceptors (Lipinski definition) is 4. The van der Waals surface area contributed by atoms with Crippen molar-refractivity contribution in [2.45, 2.75) is 19.4 Å². The van der Waals surface area contributed by atoms with Crippen LogP contribution in [0.3, 0.4) is 0 Å². The van der Waals surface area contributed by atoms with E-state index in [-0.39, 0.29) is 36.8 Å². The number of benzene rings is 1. The molecule has 1 aliphatic rings. The number of piperazine rings is 1. The van der Waals surface area contributed by atoms with Crippen LogP contribution in [0.5, 0.6) is 0 Å². The summed E-state index contributed by atoms with van der Waals surface area (Å²) in [5.74, 6) is 0.110. The minimum absolute atomic E-state index is 0. The van der Waals surface area contributed by atoms with Gasteiger partial charge in [0.25, 0.3) is 0 Å². The third kappa shape index (κ3) is 7.92. The first-order valence-electron chi connectivity index (χ1n) is 8.68. The summed E-state index contributed by atoms with van der Waals surface area (Å²) in [6.07, 6.45) is 1.11. The van der Waals surface area contributed by atoms with E-state index in [0.717, 1.165) is 51.3 Å². The highest BCUT2D eigenvalue weighted by Crippen LogP contribution is 2.22. The molecule has 7 heteroatoms. The third-order valence-electron chi connectivity index (χ3n) is 4.29. The molecule has 1 amide bonds. The van der Waals surface area contributed by atoms with E-state index < -0.39 is 0 Å². The van der Waals surface area contributed by atoms with Crippen LogP contribution in [0.15, 0.2) is 30.3 Å². The standard InChI is InChI=1S/C18H30N4O.2ClH/c1-3-9-19-10-11-20-18(23)17(16-7-5-4-6-8-16)22-14-12-21(2)13-15-22;;/h4-8,17,19H,3,9-15H2,1-2H3,(H,20,23);2*1H. The molecule has 0 aromatic heterocycles. The largest absolute Gasteiger partial charge is 0.353 e. The van der Waals surface area contributed by atoms with Gasteiger partial charge in [0.1, 0.15) is 6.04 Å². The zero-order valence-corrected chi connectivity index (χ0v) is 16.9. The fraction of sp³-hybridized carbons (Fsp3) is 0.611. The molecule has 1 aromatic carbocycles. The number of rotatable bonds is 8. The molecule has 1 fully saturated rings. The fourth-order valence-corrected chi connectivity index (χ4v) is 2.92. The summed E-state index contributed by atoms with van der Waals surface area (Å²) in [6.45, 7) is 8.51. The first-order chi connectivity index (χ1) is 11.2. The van der Waals surface area contributed by atoms with E-state index in [1.165, 1.54) is 0 Å². The molecule has 5 nitrogen and oxygen atoms in total. The maximum Gasteiger partial charge on any atom is 0.242 e. The van der Waals surface area contributed by atoms with Crippen LogP contribution in [0.1, 0.15) is 24.9 Å². The lowest BCUT2D eigenvalue weighted by Gasteiger charge is -2.37. The quantitative estimate of drug-likeness (QED) is 0.665. The van der Waals surface area contributed by atoms with Crippen molar-refractivity contribution in [3.05, 3.63) is 35.9 Å². The van der Waals surface area contributed by atoms with Crippen LogP contribution in [-0.4, -0.2) is 68.6 Å². The maximum absolute atomic E-state index is 12.8. The normalized spacial score (nSPS) is 16.4. The van der Waals surface area contributed by atoms with Gasteiger partial charge < -0.3 is 15.5 Å². The van der Waals surface area contributed by atoms with E-state index in [1.54, 1.807) is 0 Å². The van der Waals surface area contributed by atoms with Crippen LogP contribution < -0.4 is 10.6 Å². The lowest BCUT2D eigenvalue weighted by molar-refractivity contribution is -0.127. The number of nitrogens with one attached hydrogen (secondary N) is 2. The number of amides is 1. The molecular weight excluding hydrogens is 359 g/mol. The monoisotopic (exact) mass is 390 g/mol. The molecule has 144 valence electrons. The molecule has 1 heterocycles. The summed E-state index contributed by atoms with van der Waals surface area (Å²) >= 11 is 0. The van der Waals surface area contributed by atoms with Crippen molar-refractivity contribution in [2.75, 3.05) is 52.9 Å². The highest BCUT2D eigenvalue weighted by atomic mass is 35.5. The van der Waals surface area contributed by atoms with Gasteiger partial charge in [0, 0.05) is 39.3 Å². The molecule has 0 bridgehead atoms. The topological polar surface area (TPSA) is 47.6 Å². The molecule has 0 saturated carbocycles. The third-order valence-corrected chi connectivity index (χ3v) is 4.29. The van der Waals surface area contributed by atoms with E-state index >= 15 is 0 Å². The Morgan fingerprint density at radius 3 is 2.28 bits per heavy atom. The Bertz CT molecular complexity index is 467. The van der Waals surface area contributed by atoms with Gasteiger partial charge in [-0.2, -0.15) is 0 Å². The van der Waals surface area contributed by atoms with E-state index in [9.17, 15) is 4.79 Å². The molecule has 0 spiro atoms. The van der Waals surface area contributed by atoms with Crippen LogP contribution in [0, 0.1) is 0 Å². The van der Waals surface area contributed by atoms with E-state index in [2.05, 4.69) is 46.5 Å². The van der Waals surface area contributed by atoms with Gasteiger partial charge in [-0.05, 0) is 25.6 Å². The summed E-state index contributed by atoms with van der Waals surface area (Å²) in [7, 11) is 2.13. The second-order valence-corrected chi connectivity index (χ2v) is 6.19.